The van der Waals surface area contributed by atoms with Crippen molar-refractivity contribution in [2.75, 3.05) is 68.7 Å². The van der Waals surface area contributed by atoms with E-state index < -0.39 is 10.4 Å². The van der Waals surface area contributed by atoms with Crippen molar-refractivity contribution in [2.45, 2.75) is 26.7 Å². The van der Waals surface area contributed by atoms with Gasteiger partial charge in [0.15, 0.2) is 0 Å². The second kappa shape index (κ2) is 17.6. The van der Waals surface area contributed by atoms with Gasteiger partial charge in [-0.15, -0.1) is 0 Å². The van der Waals surface area contributed by atoms with Crippen molar-refractivity contribution >= 4 is 22.3 Å². The van der Waals surface area contributed by atoms with E-state index in [0.29, 0.717) is 59.7 Å². The van der Waals surface area contributed by atoms with Gasteiger partial charge < -0.3 is 18.6 Å². The summed E-state index contributed by atoms with van der Waals surface area (Å²) < 4.78 is 44.8. The third-order valence-electron chi connectivity index (χ3n) is 2.70. The molecule has 0 atom stereocenters. The van der Waals surface area contributed by atoms with Crippen molar-refractivity contribution in [3.63, 3.8) is 0 Å². The molecule has 0 unspecified atom stereocenters. The molecule has 12 nitrogen and oxygen atoms in total. The summed E-state index contributed by atoms with van der Waals surface area (Å²) in [5.41, 5.74) is 0.857. The molecule has 0 saturated heterocycles. The molecule has 0 spiro atoms. The molecule has 196 valence electrons. The molecule has 0 aromatic heterocycles. The maximum atomic E-state index is 10.9. The van der Waals surface area contributed by atoms with Crippen LogP contribution in [0.4, 0.5) is 0 Å². The standard InChI is InChI=1S/2C10H20NO3.H2O4S/c2*1-9(2)10(12)13-7-6-8-14-11(3,4)5;1-5(2,3)4/h2*1,6-8H2,2-5H3;(H2,1,2,3,4)/q2*+1;/p-2. The molecule has 0 fully saturated rings. The van der Waals surface area contributed by atoms with Crippen molar-refractivity contribution in [1.29, 1.82) is 0 Å². The SMILES string of the molecule is C=C(C)C(=O)OCCCO[N+](C)(C)C.C=C(C)C(=O)OCCCO[N+](C)(C)C.O=S(=O)([O-])[O-]. The zero-order valence-corrected chi connectivity index (χ0v) is 21.9. The average Bonchev–Trinajstić information content (AvgIpc) is 2.57. The highest BCUT2D eigenvalue weighted by atomic mass is 32.3. The van der Waals surface area contributed by atoms with Crippen molar-refractivity contribution in [2.24, 2.45) is 0 Å². The van der Waals surface area contributed by atoms with E-state index in [1.54, 1.807) is 13.8 Å². The number of carbonyl (C=O) groups excluding carboxylic acids is 2. The Bertz CT molecular complexity index is 653. The summed E-state index contributed by atoms with van der Waals surface area (Å²) >= 11 is 0. The fraction of sp³-hybridized carbons (Fsp3) is 0.700. The van der Waals surface area contributed by atoms with Crippen molar-refractivity contribution in [1.82, 2.24) is 0 Å². The van der Waals surface area contributed by atoms with E-state index >= 15 is 0 Å². The topological polar surface area (TPSA) is 151 Å². The predicted molar refractivity (Wildman–Crippen MR) is 119 cm³/mol. The Balaban J connectivity index is -0.000000453. The van der Waals surface area contributed by atoms with Gasteiger partial charge in [0.25, 0.3) is 0 Å². The summed E-state index contributed by atoms with van der Waals surface area (Å²) in [4.78, 5) is 32.7. The molecule has 0 aromatic carbocycles. The number of esters is 2. The van der Waals surface area contributed by atoms with Gasteiger partial charge in [-0.1, -0.05) is 13.2 Å². The molecule has 33 heavy (non-hydrogen) atoms. The molecule has 0 N–H and O–H groups in total. The van der Waals surface area contributed by atoms with Gasteiger partial charge in [0.05, 0.1) is 55.5 Å². The van der Waals surface area contributed by atoms with Crippen LogP contribution in [0.5, 0.6) is 0 Å². The molecule has 0 aliphatic rings. The average molecular weight is 501 g/mol. The first-order valence-corrected chi connectivity index (χ1v) is 11.2. The number of ether oxygens (including phenoxy) is 2. The Morgan fingerprint density at radius 2 is 0.939 bits per heavy atom. The molecular formula is C20H40N2O10S. The van der Waals surface area contributed by atoms with Gasteiger partial charge in [0.2, 0.25) is 0 Å². The molecule has 0 bridgehead atoms. The van der Waals surface area contributed by atoms with Crippen LogP contribution in [0.1, 0.15) is 26.7 Å². The van der Waals surface area contributed by atoms with E-state index in [9.17, 15) is 9.59 Å². The van der Waals surface area contributed by atoms with Crippen LogP contribution in [0.3, 0.4) is 0 Å². The van der Waals surface area contributed by atoms with Gasteiger partial charge >= 0.3 is 11.9 Å². The summed E-state index contributed by atoms with van der Waals surface area (Å²) in [6.07, 6.45) is 1.41. The molecule has 0 radical (unpaired) electrons. The van der Waals surface area contributed by atoms with Crippen LogP contribution >= 0.6 is 0 Å². The lowest BCUT2D eigenvalue weighted by Crippen LogP contribution is -2.34. The van der Waals surface area contributed by atoms with Crippen molar-refractivity contribution in [3.8, 4) is 0 Å². The Morgan fingerprint density at radius 3 is 1.12 bits per heavy atom. The Morgan fingerprint density at radius 1 is 0.697 bits per heavy atom. The monoisotopic (exact) mass is 500 g/mol. The molecule has 0 rings (SSSR count). The minimum absolute atomic E-state index is 0.338. The minimum atomic E-state index is -5.17. The number of quaternary nitrogens is 2. The van der Waals surface area contributed by atoms with E-state index in [1.165, 1.54) is 0 Å². The number of hydrogen-bond acceptors (Lipinski definition) is 10. The number of nitrogens with zero attached hydrogens (tertiary/aromatic N) is 2. The van der Waals surface area contributed by atoms with Gasteiger partial charge in [-0.3, -0.25) is 8.42 Å². The zero-order chi connectivity index (χ0) is 26.9. The molecule has 0 aliphatic carbocycles. The van der Waals surface area contributed by atoms with Crippen LogP contribution in [0.15, 0.2) is 24.3 Å². The Kier molecular flexibility index (Phi) is 19.0. The number of hydrogen-bond donors (Lipinski definition) is 0. The summed E-state index contributed by atoms with van der Waals surface area (Å²) in [6, 6.07) is 0. The molecule has 0 heterocycles. The van der Waals surface area contributed by atoms with Crippen LogP contribution in [0, 0.1) is 0 Å². The first kappa shape index (κ1) is 35.7. The van der Waals surface area contributed by atoms with Gasteiger partial charge in [0, 0.05) is 34.4 Å². The van der Waals surface area contributed by atoms with Crippen molar-refractivity contribution in [3.05, 3.63) is 24.3 Å². The zero-order valence-electron chi connectivity index (χ0n) is 21.0. The van der Waals surface area contributed by atoms with Crippen LogP contribution in [0.2, 0.25) is 0 Å². The van der Waals surface area contributed by atoms with E-state index in [4.69, 9.17) is 36.7 Å². The Labute approximate surface area is 198 Å². The first-order valence-electron chi connectivity index (χ1n) is 9.89. The second-order valence-corrected chi connectivity index (χ2v) is 9.21. The second-order valence-electron chi connectivity index (χ2n) is 8.39. The highest BCUT2D eigenvalue weighted by Crippen LogP contribution is 1.98. The van der Waals surface area contributed by atoms with E-state index in [-0.39, 0.29) is 11.9 Å². The first-order chi connectivity index (χ1) is 14.7. The van der Waals surface area contributed by atoms with Gasteiger partial charge in [-0.2, -0.15) is 9.29 Å². The molecule has 0 amide bonds. The third-order valence-corrected chi connectivity index (χ3v) is 2.70. The highest BCUT2D eigenvalue weighted by Gasteiger charge is 2.09. The molecule has 0 saturated carbocycles. The summed E-state index contributed by atoms with van der Waals surface area (Å²) in [5, 5.41) is 0. The molecule has 0 aromatic rings. The maximum Gasteiger partial charge on any atom is 0.333 e. The van der Waals surface area contributed by atoms with Gasteiger partial charge in [0.1, 0.15) is 13.2 Å². The quantitative estimate of drug-likeness (QED) is 0.0719. The number of carbonyl (C=O) groups is 2. The summed E-state index contributed by atoms with van der Waals surface area (Å²) in [7, 11) is 6.42. The number of hydroxylamine groups is 6. The maximum absolute atomic E-state index is 10.9. The van der Waals surface area contributed by atoms with E-state index in [0.717, 1.165) is 0 Å². The molecular weight excluding hydrogens is 460 g/mol. The van der Waals surface area contributed by atoms with Gasteiger partial charge in [-0.05, 0) is 13.8 Å². The van der Waals surface area contributed by atoms with Gasteiger partial charge in [-0.25, -0.2) is 19.3 Å². The lowest BCUT2D eigenvalue weighted by Gasteiger charge is -2.20. The minimum Gasteiger partial charge on any atom is -0.759 e. The largest absolute Gasteiger partial charge is 0.759 e. The predicted octanol–water partition coefficient (Wildman–Crippen LogP) is 0.929. The highest BCUT2D eigenvalue weighted by molar-refractivity contribution is 7.79. The fourth-order valence-electron chi connectivity index (χ4n) is 1.37. The lowest BCUT2D eigenvalue weighted by atomic mass is 10.4. The van der Waals surface area contributed by atoms with Crippen molar-refractivity contribution < 1.29 is 55.6 Å². The molecule has 0 aliphatic heterocycles. The lowest BCUT2D eigenvalue weighted by molar-refractivity contribution is -1.06. The van der Waals surface area contributed by atoms with E-state index in [2.05, 4.69) is 13.2 Å². The van der Waals surface area contributed by atoms with E-state index in [1.807, 2.05) is 42.3 Å². The van der Waals surface area contributed by atoms with Crippen LogP contribution < -0.4 is 0 Å². The molecule has 13 heteroatoms. The van der Waals surface area contributed by atoms with Crippen LogP contribution in [0.25, 0.3) is 0 Å². The Hall–Kier alpha value is -1.87. The third kappa shape index (κ3) is 40.9. The summed E-state index contributed by atoms with van der Waals surface area (Å²) in [5.74, 6) is -0.675. The number of rotatable bonds is 12. The smallest absolute Gasteiger partial charge is 0.333 e. The fourth-order valence-corrected chi connectivity index (χ4v) is 1.37. The normalized spacial score (nSPS) is 11.2. The van der Waals surface area contributed by atoms with Crippen LogP contribution in [-0.2, 0) is 39.1 Å². The van der Waals surface area contributed by atoms with Crippen LogP contribution in [-0.4, -0.2) is 107 Å². The summed E-state index contributed by atoms with van der Waals surface area (Å²) in [6.45, 7) is 12.1.